The lowest BCUT2D eigenvalue weighted by atomic mass is 9.39. The van der Waals surface area contributed by atoms with Crippen LogP contribution < -0.4 is 0 Å². The summed E-state index contributed by atoms with van der Waals surface area (Å²) in [6, 6.07) is 0. The van der Waals surface area contributed by atoms with Crippen LogP contribution in [0.3, 0.4) is 0 Å². The Kier molecular flexibility index (Phi) is 1.64. The highest BCUT2D eigenvalue weighted by molar-refractivity contribution is 5.86. The van der Waals surface area contributed by atoms with Gasteiger partial charge in [-0.25, -0.2) is 0 Å². The molecule has 3 fully saturated rings. The van der Waals surface area contributed by atoms with Crippen LogP contribution in [-0.2, 0) is 4.79 Å². The van der Waals surface area contributed by atoms with Crippen LogP contribution in [-0.4, -0.2) is 5.78 Å². The SMILES string of the molecule is CC(C)(C)C12CCCC13CCC(=O)C3C2. The molecule has 0 aromatic carbocycles. The molecule has 0 heterocycles. The summed E-state index contributed by atoms with van der Waals surface area (Å²) in [4.78, 5) is 11.8. The van der Waals surface area contributed by atoms with Crippen molar-refractivity contribution >= 4 is 5.78 Å². The van der Waals surface area contributed by atoms with Crippen molar-refractivity contribution in [3.05, 3.63) is 0 Å². The summed E-state index contributed by atoms with van der Waals surface area (Å²) in [6.45, 7) is 7.16. The Labute approximate surface area is 92.6 Å². The molecule has 0 aliphatic heterocycles. The molecule has 3 unspecified atom stereocenters. The molecule has 0 aromatic heterocycles. The van der Waals surface area contributed by atoms with Crippen LogP contribution in [0.1, 0.15) is 59.3 Å². The summed E-state index contributed by atoms with van der Waals surface area (Å²) in [7, 11) is 0. The molecule has 15 heavy (non-hydrogen) atoms. The van der Waals surface area contributed by atoms with Gasteiger partial charge in [0, 0.05) is 12.3 Å². The third-order valence-electron chi connectivity index (χ3n) is 6.04. The summed E-state index contributed by atoms with van der Waals surface area (Å²) in [5, 5.41) is 0. The van der Waals surface area contributed by atoms with Crippen LogP contribution in [0, 0.1) is 22.2 Å². The molecule has 84 valence electrons. The molecule has 3 rings (SSSR count). The molecule has 0 radical (unpaired) electrons. The number of carbonyl (C=O) groups excluding carboxylic acids is 1. The quantitative estimate of drug-likeness (QED) is 0.592. The van der Waals surface area contributed by atoms with E-state index in [0.717, 1.165) is 6.42 Å². The molecular weight excluding hydrogens is 184 g/mol. The molecule has 0 N–H and O–H groups in total. The monoisotopic (exact) mass is 206 g/mol. The summed E-state index contributed by atoms with van der Waals surface area (Å²) < 4.78 is 0. The number of hydrogen-bond acceptors (Lipinski definition) is 1. The first-order chi connectivity index (χ1) is 6.93. The van der Waals surface area contributed by atoms with Gasteiger partial charge in [-0.05, 0) is 41.9 Å². The van der Waals surface area contributed by atoms with Gasteiger partial charge < -0.3 is 0 Å². The van der Waals surface area contributed by atoms with Gasteiger partial charge in [0.1, 0.15) is 5.78 Å². The molecular formula is C14H22O. The second kappa shape index (κ2) is 2.49. The number of carbonyl (C=O) groups is 1. The summed E-state index contributed by atoms with van der Waals surface area (Å²) in [6.07, 6.45) is 7.35. The fraction of sp³-hybridized carbons (Fsp3) is 0.929. The Morgan fingerprint density at radius 3 is 2.53 bits per heavy atom. The first-order valence-corrected chi connectivity index (χ1v) is 6.46. The lowest BCUT2D eigenvalue weighted by Gasteiger charge is -2.64. The Balaban J connectivity index is 2.04. The zero-order valence-electron chi connectivity index (χ0n) is 10.2. The third kappa shape index (κ3) is 0.855. The van der Waals surface area contributed by atoms with Gasteiger partial charge >= 0.3 is 0 Å². The van der Waals surface area contributed by atoms with E-state index in [1.807, 2.05) is 0 Å². The second-order valence-corrected chi connectivity index (χ2v) is 7.06. The van der Waals surface area contributed by atoms with E-state index in [1.165, 1.54) is 32.1 Å². The van der Waals surface area contributed by atoms with Crippen molar-refractivity contribution < 1.29 is 4.79 Å². The maximum Gasteiger partial charge on any atom is 0.136 e. The van der Waals surface area contributed by atoms with Crippen molar-refractivity contribution in [2.45, 2.75) is 59.3 Å². The smallest absolute Gasteiger partial charge is 0.136 e. The zero-order chi connectivity index (χ0) is 10.9. The minimum absolute atomic E-state index is 0.393. The van der Waals surface area contributed by atoms with E-state index in [2.05, 4.69) is 20.8 Å². The molecule has 0 bridgehead atoms. The van der Waals surface area contributed by atoms with Crippen LogP contribution in [0.2, 0.25) is 0 Å². The van der Waals surface area contributed by atoms with Crippen LogP contribution in [0.15, 0.2) is 0 Å². The fourth-order valence-corrected chi connectivity index (χ4v) is 5.33. The molecule has 1 nitrogen and oxygen atoms in total. The van der Waals surface area contributed by atoms with E-state index in [0.29, 0.717) is 27.9 Å². The highest BCUT2D eigenvalue weighted by Crippen LogP contribution is 2.79. The van der Waals surface area contributed by atoms with E-state index in [1.54, 1.807) is 0 Å². The number of ketones is 1. The van der Waals surface area contributed by atoms with E-state index >= 15 is 0 Å². The molecule has 3 aliphatic rings. The van der Waals surface area contributed by atoms with Crippen LogP contribution in [0.25, 0.3) is 0 Å². The van der Waals surface area contributed by atoms with E-state index in [9.17, 15) is 4.79 Å². The molecule has 3 aliphatic carbocycles. The number of rotatable bonds is 0. The van der Waals surface area contributed by atoms with E-state index < -0.39 is 0 Å². The summed E-state index contributed by atoms with van der Waals surface area (Å²) >= 11 is 0. The van der Waals surface area contributed by atoms with Gasteiger partial charge in [0.15, 0.2) is 0 Å². The molecule has 3 saturated carbocycles. The van der Waals surface area contributed by atoms with Gasteiger partial charge in [-0.1, -0.05) is 27.2 Å². The highest BCUT2D eigenvalue weighted by Gasteiger charge is 2.73. The Hall–Kier alpha value is -0.330. The number of Topliss-reactive ketones (excluding diaryl/α,β-unsaturated/α-hetero) is 1. The third-order valence-corrected chi connectivity index (χ3v) is 6.04. The molecule has 0 amide bonds. The lowest BCUT2D eigenvalue weighted by Crippen LogP contribution is -2.59. The van der Waals surface area contributed by atoms with Crippen molar-refractivity contribution in [1.29, 1.82) is 0 Å². The summed E-state index contributed by atoms with van der Waals surface area (Å²) in [5.74, 6) is 1.04. The molecule has 0 saturated heterocycles. The highest BCUT2D eigenvalue weighted by atomic mass is 16.1. The van der Waals surface area contributed by atoms with Crippen molar-refractivity contribution in [1.82, 2.24) is 0 Å². The maximum absolute atomic E-state index is 11.8. The normalized spacial score (nSPS) is 48.7. The van der Waals surface area contributed by atoms with E-state index in [4.69, 9.17) is 0 Å². The van der Waals surface area contributed by atoms with Gasteiger partial charge in [-0.15, -0.1) is 0 Å². The number of hydrogen-bond donors (Lipinski definition) is 0. The average molecular weight is 206 g/mol. The van der Waals surface area contributed by atoms with Gasteiger partial charge in [-0.2, -0.15) is 0 Å². The van der Waals surface area contributed by atoms with Crippen molar-refractivity contribution in [3.63, 3.8) is 0 Å². The maximum atomic E-state index is 11.8. The average Bonchev–Trinajstić information content (AvgIpc) is 2.51. The van der Waals surface area contributed by atoms with Crippen LogP contribution in [0.5, 0.6) is 0 Å². The summed E-state index contributed by atoms with van der Waals surface area (Å²) in [5.41, 5.74) is 1.35. The topological polar surface area (TPSA) is 17.1 Å². The van der Waals surface area contributed by atoms with E-state index in [-0.39, 0.29) is 0 Å². The Morgan fingerprint density at radius 1 is 1.20 bits per heavy atom. The predicted molar refractivity (Wildman–Crippen MR) is 60.5 cm³/mol. The second-order valence-electron chi connectivity index (χ2n) is 7.06. The van der Waals surface area contributed by atoms with Crippen molar-refractivity contribution in [2.75, 3.05) is 0 Å². The van der Waals surface area contributed by atoms with Gasteiger partial charge in [-0.3, -0.25) is 4.79 Å². The Bertz CT molecular complexity index is 325. The predicted octanol–water partition coefficient (Wildman–Crippen LogP) is 3.57. The molecule has 1 heteroatoms. The largest absolute Gasteiger partial charge is 0.299 e. The van der Waals surface area contributed by atoms with Crippen LogP contribution in [0.4, 0.5) is 0 Å². The van der Waals surface area contributed by atoms with Gasteiger partial charge in [0.25, 0.3) is 0 Å². The molecule has 0 aromatic rings. The Morgan fingerprint density at radius 2 is 1.93 bits per heavy atom. The van der Waals surface area contributed by atoms with Crippen molar-refractivity contribution in [3.8, 4) is 0 Å². The first-order valence-electron chi connectivity index (χ1n) is 6.46. The minimum Gasteiger partial charge on any atom is -0.299 e. The van der Waals surface area contributed by atoms with Crippen molar-refractivity contribution in [2.24, 2.45) is 22.2 Å². The first kappa shape index (κ1) is 9.86. The fourth-order valence-electron chi connectivity index (χ4n) is 5.33. The van der Waals surface area contributed by atoms with Gasteiger partial charge in [0.05, 0.1) is 0 Å². The van der Waals surface area contributed by atoms with Gasteiger partial charge in [0.2, 0.25) is 0 Å². The molecule has 1 spiro atoms. The van der Waals surface area contributed by atoms with Crippen LogP contribution >= 0.6 is 0 Å². The lowest BCUT2D eigenvalue weighted by molar-refractivity contribution is -0.174. The minimum atomic E-state index is 0.393. The standard InChI is InChI=1S/C14H22O/c1-12(2,3)14-7-4-6-13(14)8-5-11(15)10(13)9-14/h10H,4-9H2,1-3H3. The zero-order valence-corrected chi connectivity index (χ0v) is 10.2. The molecule has 3 atom stereocenters.